The molecule has 270 valence electrons. The van der Waals surface area contributed by atoms with Gasteiger partial charge in [0.25, 0.3) is 0 Å². The molecule has 0 amide bonds. The Balaban J connectivity index is 0.000000159. The molecule has 8 rings (SSSR count). The first-order chi connectivity index (χ1) is 24.6. The second-order valence-electron chi connectivity index (χ2n) is 14.0. The summed E-state index contributed by atoms with van der Waals surface area (Å²) in [5.74, 6) is 0.297. The van der Waals surface area contributed by atoms with Gasteiger partial charge in [0.05, 0.1) is 19.6 Å². The first-order valence-corrected chi connectivity index (χ1v) is 21.1. The molecule has 4 atom stereocenters. The number of hydrogen-bond donors (Lipinski definition) is 2. The molecule has 4 heterocycles. The second kappa shape index (κ2) is 14.7. The van der Waals surface area contributed by atoms with Crippen molar-refractivity contribution in [3.63, 3.8) is 0 Å². The zero-order valence-corrected chi connectivity index (χ0v) is 30.9. The van der Waals surface area contributed by atoms with Crippen LogP contribution in [0.1, 0.15) is 62.5 Å². The Morgan fingerprint density at radius 3 is 1.43 bits per heavy atom. The lowest BCUT2D eigenvalue weighted by Gasteiger charge is -2.17. The molecule has 2 saturated heterocycles. The van der Waals surface area contributed by atoms with Crippen LogP contribution in [0.15, 0.2) is 111 Å². The lowest BCUT2D eigenvalue weighted by molar-refractivity contribution is 0.298. The van der Waals surface area contributed by atoms with Gasteiger partial charge in [-0.15, -0.1) is 0 Å². The Morgan fingerprint density at radius 1 is 0.569 bits per heavy atom. The van der Waals surface area contributed by atoms with Crippen LogP contribution in [0.4, 0.5) is 15.8 Å². The highest BCUT2D eigenvalue weighted by atomic mass is 32.2. The van der Waals surface area contributed by atoms with E-state index in [1.54, 1.807) is 36.4 Å². The Bertz CT molecular complexity index is 2080. The van der Waals surface area contributed by atoms with E-state index in [1.807, 2.05) is 30.3 Å². The maximum absolute atomic E-state index is 13.1. The molecule has 4 aliphatic heterocycles. The van der Waals surface area contributed by atoms with E-state index in [4.69, 9.17) is 0 Å². The van der Waals surface area contributed by atoms with Crippen molar-refractivity contribution in [2.75, 3.05) is 49.9 Å². The van der Waals surface area contributed by atoms with Gasteiger partial charge in [-0.05, 0) is 136 Å². The normalized spacial score (nSPS) is 23.2. The van der Waals surface area contributed by atoms with Gasteiger partial charge in [0, 0.05) is 48.4 Å². The minimum Gasteiger partial charge on any atom is -0.381 e. The quantitative estimate of drug-likeness (QED) is 0.202. The van der Waals surface area contributed by atoms with Crippen molar-refractivity contribution < 1.29 is 21.2 Å². The fraction of sp³-hybridized carbons (Fsp3) is 0.400. The van der Waals surface area contributed by atoms with E-state index in [2.05, 4.69) is 34.3 Å². The molecule has 51 heavy (non-hydrogen) atoms. The van der Waals surface area contributed by atoms with Crippen LogP contribution >= 0.6 is 0 Å². The predicted octanol–water partition coefficient (Wildman–Crippen LogP) is 7.16. The van der Waals surface area contributed by atoms with Gasteiger partial charge in [0.1, 0.15) is 5.82 Å². The highest BCUT2D eigenvalue weighted by Crippen LogP contribution is 2.44. The number of likely N-dealkylation sites (tertiary alicyclic amines) is 2. The molecular formula is C40H47FN4O4S2. The third kappa shape index (κ3) is 7.18. The van der Waals surface area contributed by atoms with Crippen LogP contribution in [-0.2, 0) is 19.7 Å². The molecule has 0 saturated carbocycles. The van der Waals surface area contributed by atoms with Crippen molar-refractivity contribution in [2.45, 2.75) is 83.0 Å². The van der Waals surface area contributed by atoms with E-state index < -0.39 is 25.5 Å². The molecule has 4 aromatic rings. The first kappa shape index (κ1) is 35.6. The van der Waals surface area contributed by atoms with Gasteiger partial charge < -0.3 is 20.4 Å². The molecule has 11 heteroatoms. The Kier molecular flexibility index (Phi) is 10.3. The number of sulfone groups is 2. The summed E-state index contributed by atoms with van der Waals surface area (Å²) in [7, 11) is -7.11. The van der Waals surface area contributed by atoms with Crippen LogP contribution in [0.5, 0.6) is 0 Å². The number of rotatable bonds is 6. The van der Waals surface area contributed by atoms with Crippen molar-refractivity contribution in [2.24, 2.45) is 0 Å². The van der Waals surface area contributed by atoms with Gasteiger partial charge in [-0.2, -0.15) is 0 Å². The maximum Gasteiger partial charge on any atom is 0.206 e. The van der Waals surface area contributed by atoms with Gasteiger partial charge in [-0.1, -0.05) is 32.0 Å². The molecule has 0 bridgehead atoms. The van der Waals surface area contributed by atoms with Gasteiger partial charge in [0.15, 0.2) is 0 Å². The Morgan fingerprint density at radius 2 is 0.980 bits per heavy atom. The van der Waals surface area contributed by atoms with Crippen molar-refractivity contribution in [1.82, 2.24) is 9.80 Å². The number of nitrogens with zero attached hydrogens (tertiary/aromatic N) is 2. The summed E-state index contributed by atoms with van der Waals surface area (Å²) in [5.41, 5.74) is 4.41. The van der Waals surface area contributed by atoms with E-state index in [9.17, 15) is 21.2 Å². The molecule has 0 spiro atoms. The number of anilines is 2. The third-order valence-electron chi connectivity index (χ3n) is 11.2. The SMILES string of the molecule is CCN1CC[C@H]2Nc3ccc(S(=O)(=O)c4ccc(F)cc4)cc3[C@@H]2CC1.CCN1CC[C@H]2Nc3ccc(S(=O)(=O)c4ccccc4)cc3[C@@H]2CC1. The molecule has 0 radical (unpaired) electrons. The lowest BCUT2D eigenvalue weighted by Crippen LogP contribution is -2.25. The summed E-state index contributed by atoms with van der Waals surface area (Å²) in [5, 5.41) is 7.19. The van der Waals surface area contributed by atoms with Crippen LogP contribution in [0.25, 0.3) is 0 Å². The van der Waals surface area contributed by atoms with Gasteiger partial charge in [0.2, 0.25) is 19.7 Å². The van der Waals surface area contributed by atoms with Gasteiger partial charge in [-0.25, -0.2) is 21.2 Å². The highest BCUT2D eigenvalue weighted by Gasteiger charge is 2.36. The van der Waals surface area contributed by atoms with E-state index in [1.165, 1.54) is 29.8 Å². The molecule has 0 aliphatic carbocycles. The highest BCUT2D eigenvalue weighted by molar-refractivity contribution is 7.91. The number of halogens is 1. The van der Waals surface area contributed by atoms with Crippen molar-refractivity contribution in [1.29, 1.82) is 0 Å². The van der Waals surface area contributed by atoms with Crippen LogP contribution in [0.3, 0.4) is 0 Å². The van der Waals surface area contributed by atoms with E-state index in [-0.39, 0.29) is 9.79 Å². The molecule has 0 unspecified atom stereocenters. The van der Waals surface area contributed by atoms with E-state index in [0.717, 1.165) is 81.9 Å². The van der Waals surface area contributed by atoms with E-state index >= 15 is 0 Å². The van der Waals surface area contributed by atoms with Crippen LogP contribution in [-0.4, -0.2) is 78.0 Å². The largest absolute Gasteiger partial charge is 0.381 e. The monoisotopic (exact) mass is 730 g/mol. The first-order valence-electron chi connectivity index (χ1n) is 18.1. The molecular weight excluding hydrogens is 684 g/mol. The van der Waals surface area contributed by atoms with Crippen molar-refractivity contribution >= 4 is 31.0 Å². The Hall–Kier alpha value is -3.77. The summed E-state index contributed by atoms with van der Waals surface area (Å²) in [6, 6.07) is 25.4. The molecule has 0 aromatic heterocycles. The average Bonchev–Trinajstić information content (AvgIpc) is 3.50. The minimum atomic E-state index is -3.64. The second-order valence-corrected chi connectivity index (χ2v) is 17.9. The summed E-state index contributed by atoms with van der Waals surface area (Å²) >= 11 is 0. The minimum absolute atomic E-state index is 0.124. The van der Waals surface area contributed by atoms with Gasteiger partial charge in [-0.3, -0.25) is 0 Å². The smallest absolute Gasteiger partial charge is 0.206 e. The van der Waals surface area contributed by atoms with Crippen LogP contribution in [0.2, 0.25) is 0 Å². The molecule has 8 nitrogen and oxygen atoms in total. The zero-order chi connectivity index (χ0) is 35.8. The predicted molar refractivity (Wildman–Crippen MR) is 200 cm³/mol. The summed E-state index contributed by atoms with van der Waals surface area (Å²) in [6.45, 7) is 10.8. The standard InChI is InChI=1S/C20H23FN2O2S.C20H24N2O2S/c1-2-23-11-9-17-18-13-16(7-8-19(18)22-20(17)10-12-23)26(24,25)15-5-3-14(21)4-6-15;1-2-22-12-10-17-18-14-16(8-9-19(18)21-20(17)11-13-22)25(23,24)15-6-4-3-5-7-15/h3-8,13,17,20,22H,2,9-12H2,1H3;3-9,14,17,20-21H,2,10-13H2,1H3/t2*17-,20+/m00/s1. The maximum atomic E-state index is 13.1. The zero-order valence-electron chi connectivity index (χ0n) is 29.3. The van der Waals surface area contributed by atoms with E-state index in [0.29, 0.717) is 33.7 Å². The van der Waals surface area contributed by atoms with Crippen LogP contribution < -0.4 is 10.6 Å². The third-order valence-corrected chi connectivity index (χ3v) is 14.8. The van der Waals surface area contributed by atoms with Gasteiger partial charge >= 0.3 is 0 Å². The number of fused-ring (bicyclic) bond motifs is 6. The fourth-order valence-electron chi connectivity index (χ4n) is 8.21. The molecule has 2 N–H and O–H groups in total. The number of benzene rings is 4. The number of nitrogens with one attached hydrogen (secondary N) is 2. The van der Waals surface area contributed by atoms with Crippen molar-refractivity contribution in [3.05, 3.63) is 108 Å². The lowest BCUT2D eigenvalue weighted by atomic mass is 9.91. The molecule has 4 aromatic carbocycles. The summed E-state index contributed by atoms with van der Waals surface area (Å²) in [4.78, 5) is 6.08. The van der Waals surface area contributed by atoms with Crippen LogP contribution in [0, 0.1) is 5.82 Å². The summed E-state index contributed by atoms with van der Waals surface area (Å²) < 4.78 is 64.8. The number of hydrogen-bond acceptors (Lipinski definition) is 8. The summed E-state index contributed by atoms with van der Waals surface area (Å²) in [6.07, 6.45) is 4.27. The molecule has 2 fully saturated rings. The van der Waals surface area contributed by atoms with Crippen molar-refractivity contribution in [3.8, 4) is 0 Å². The fourth-order valence-corrected chi connectivity index (χ4v) is 10.8. The topological polar surface area (TPSA) is 98.8 Å². The molecule has 4 aliphatic rings. The Labute approximate surface area is 301 Å². The average molecular weight is 731 g/mol.